The molecule has 0 spiro atoms. The lowest BCUT2D eigenvalue weighted by atomic mass is 10.1. The number of nitrogens with one attached hydrogen (secondary N) is 1. The zero-order valence-electron chi connectivity index (χ0n) is 14.5. The number of benzene rings is 1. The van der Waals surface area contributed by atoms with Crippen LogP contribution in [0.4, 0.5) is 4.79 Å². The standard InChI is InChI=1S/C18H22BrN3O3/c1-18(2,3)25-17(24)22-10-13(23)8-15(22)16-20-9-14(21-16)11-4-6-12(19)7-5-11/h4-7,9,13,15,23H,8,10H2,1-3H3,(H,20,21)/t13?,15-/m0/s1. The second-order valence-electron chi connectivity index (χ2n) is 7.23. The molecule has 1 aromatic heterocycles. The molecule has 6 nitrogen and oxygen atoms in total. The summed E-state index contributed by atoms with van der Waals surface area (Å²) in [5.74, 6) is 0.653. The van der Waals surface area contributed by atoms with Gasteiger partial charge < -0.3 is 14.8 Å². The molecular weight excluding hydrogens is 386 g/mol. The number of ether oxygens (including phenoxy) is 1. The average Bonchev–Trinajstić information content (AvgIpc) is 3.12. The Labute approximate surface area is 155 Å². The fourth-order valence-corrected chi connectivity index (χ4v) is 3.14. The largest absolute Gasteiger partial charge is 0.444 e. The molecule has 1 saturated heterocycles. The molecule has 2 N–H and O–H groups in total. The van der Waals surface area contributed by atoms with Crippen molar-refractivity contribution in [2.24, 2.45) is 0 Å². The zero-order chi connectivity index (χ0) is 18.2. The van der Waals surface area contributed by atoms with Crippen molar-refractivity contribution < 1.29 is 14.6 Å². The molecule has 0 aliphatic carbocycles. The minimum atomic E-state index is -0.584. The fourth-order valence-electron chi connectivity index (χ4n) is 2.88. The Morgan fingerprint density at radius 3 is 2.68 bits per heavy atom. The van der Waals surface area contributed by atoms with Crippen LogP contribution in [0.15, 0.2) is 34.9 Å². The third-order valence-electron chi connectivity index (χ3n) is 3.97. The fraction of sp³-hybridized carbons (Fsp3) is 0.444. The van der Waals surface area contributed by atoms with Gasteiger partial charge in [-0.1, -0.05) is 28.1 Å². The summed E-state index contributed by atoms with van der Waals surface area (Å²) in [6.45, 7) is 5.72. The number of halogens is 1. The molecule has 1 aliphatic heterocycles. The maximum Gasteiger partial charge on any atom is 0.411 e. The highest BCUT2D eigenvalue weighted by Crippen LogP contribution is 2.33. The predicted octanol–water partition coefficient (Wildman–Crippen LogP) is 3.88. The van der Waals surface area contributed by atoms with Crippen molar-refractivity contribution in [1.29, 1.82) is 0 Å². The number of carbonyl (C=O) groups is 1. The monoisotopic (exact) mass is 407 g/mol. The molecule has 2 heterocycles. The highest BCUT2D eigenvalue weighted by molar-refractivity contribution is 9.10. The van der Waals surface area contributed by atoms with Gasteiger partial charge in [-0.25, -0.2) is 9.78 Å². The van der Waals surface area contributed by atoms with Crippen LogP contribution in [0.25, 0.3) is 11.3 Å². The SMILES string of the molecule is CC(C)(C)OC(=O)N1CC(O)C[C@H]1c1ncc(-c2ccc(Br)cc2)[nH]1. The topological polar surface area (TPSA) is 78.4 Å². The zero-order valence-corrected chi connectivity index (χ0v) is 16.1. The van der Waals surface area contributed by atoms with E-state index in [2.05, 4.69) is 25.9 Å². The van der Waals surface area contributed by atoms with E-state index in [0.29, 0.717) is 12.2 Å². The van der Waals surface area contributed by atoms with Gasteiger partial charge in [0.2, 0.25) is 0 Å². The number of aliphatic hydroxyl groups is 1. The van der Waals surface area contributed by atoms with Crippen LogP contribution < -0.4 is 0 Å². The molecule has 0 bridgehead atoms. The summed E-state index contributed by atoms with van der Waals surface area (Å²) in [7, 11) is 0. The Balaban J connectivity index is 1.82. The number of hydrogen-bond acceptors (Lipinski definition) is 4. The lowest BCUT2D eigenvalue weighted by Gasteiger charge is -2.27. The lowest BCUT2D eigenvalue weighted by molar-refractivity contribution is 0.0201. The first-order chi connectivity index (χ1) is 11.7. The number of amides is 1. The van der Waals surface area contributed by atoms with E-state index in [1.54, 1.807) is 11.1 Å². The number of aromatic amines is 1. The first kappa shape index (κ1) is 17.9. The predicted molar refractivity (Wildman–Crippen MR) is 98.0 cm³/mol. The smallest absolute Gasteiger partial charge is 0.411 e. The van der Waals surface area contributed by atoms with Gasteiger partial charge in [0.15, 0.2) is 0 Å². The van der Waals surface area contributed by atoms with Crippen LogP contribution in [0.3, 0.4) is 0 Å². The minimum absolute atomic E-state index is 0.244. The van der Waals surface area contributed by atoms with Gasteiger partial charge in [0.1, 0.15) is 11.4 Å². The van der Waals surface area contributed by atoms with Crippen molar-refractivity contribution in [3.63, 3.8) is 0 Å². The molecule has 1 unspecified atom stereocenters. The number of likely N-dealkylation sites (tertiary alicyclic amines) is 1. The number of hydrogen-bond donors (Lipinski definition) is 2. The maximum absolute atomic E-state index is 12.5. The number of rotatable bonds is 2. The second-order valence-corrected chi connectivity index (χ2v) is 8.14. The highest BCUT2D eigenvalue weighted by Gasteiger charge is 2.39. The molecule has 25 heavy (non-hydrogen) atoms. The summed E-state index contributed by atoms with van der Waals surface area (Å²) in [4.78, 5) is 21.7. The molecule has 7 heteroatoms. The van der Waals surface area contributed by atoms with E-state index >= 15 is 0 Å². The van der Waals surface area contributed by atoms with Crippen molar-refractivity contribution in [2.45, 2.75) is 44.9 Å². The quantitative estimate of drug-likeness (QED) is 0.791. The van der Waals surface area contributed by atoms with Gasteiger partial charge >= 0.3 is 6.09 Å². The van der Waals surface area contributed by atoms with Crippen LogP contribution in [0.5, 0.6) is 0 Å². The van der Waals surface area contributed by atoms with Crippen molar-refractivity contribution in [3.05, 3.63) is 40.8 Å². The average molecular weight is 408 g/mol. The number of nitrogens with zero attached hydrogens (tertiary/aromatic N) is 2. The molecule has 1 fully saturated rings. The summed E-state index contributed by atoms with van der Waals surface area (Å²) in [6.07, 6.45) is 1.16. The van der Waals surface area contributed by atoms with Crippen molar-refractivity contribution in [3.8, 4) is 11.3 Å². The Bertz CT molecular complexity index is 752. The molecule has 3 rings (SSSR count). The van der Waals surface area contributed by atoms with E-state index in [-0.39, 0.29) is 12.6 Å². The Hall–Kier alpha value is -1.86. The van der Waals surface area contributed by atoms with Crippen molar-refractivity contribution >= 4 is 22.0 Å². The Morgan fingerprint density at radius 2 is 2.04 bits per heavy atom. The Kier molecular flexibility index (Phi) is 4.88. The number of carbonyl (C=O) groups excluding carboxylic acids is 1. The minimum Gasteiger partial charge on any atom is -0.444 e. The van der Waals surface area contributed by atoms with Gasteiger partial charge in [0, 0.05) is 10.9 Å². The van der Waals surface area contributed by atoms with Gasteiger partial charge in [-0.15, -0.1) is 0 Å². The van der Waals surface area contributed by atoms with Crippen LogP contribution in [-0.4, -0.2) is 44.3 Å². The first-order valence-electron chi connectivity index (χ1n) is 8.21. The van der Waals surface area contributed by atoms with Gasteiger partial charge in [0.25, 0.3) is 0 Å². The van der Waals surface area contributed by atoms with Crippen LogP contribution in [0.1, 0.15) is 39.1 Å². The first-order valence-corrected chi connectivity index (χ1v) is 9.01. The van der Waals surface area contributed by atoms with Gasteiger partial charge in [0.05, 0.1) is 30.6 Å². The molecule has 1 aromatic carbocycles. The summed E-state index contributed by atoms with van der Waals surface area (Å²) >= 11 is 3.42. The molecule has 0 saturated carbocycles. The summed E-state index contributed by atoms with van der Waals surface area (Å²) < 4.78 is 6.46. The molecule has 0 radical (unpaired) electrons. The van der Waals surface area contributed by atoms with Crippen LogP contribution >= 0.6 is 15.9 Å². The van der Waals surface area contributed by atoms with E-state index in [0.717, 1.165) is 15.7 Å². The second kappa shape index (κ2) is 6.80. The number of aliphatic hydroxyl groups excluding tert-OH is 1. The van der Waals surface area contributed by atoms with E-state index in [4.69, 9.17) is 4.74 Å². The summed E-state index contributed by atoms with van der Waals surface area (Å²) in [5, 5.41) is 10.0. The van der Waals surface area contributed by atoms with E-state index in [9.17, 15) is 9.90 Å². The number of aromatic nitrogens is 2. The molecular formula is C18H22BrN3O3. The molecule has 134 valence electrons. The van der Waals surface area contributed by atoms with Crippen molar-refractivity contribution in [2.75, 3.05) is 6.54 Å². The number of imidazole rings is 1. The van der Waals surface area contributed by atoms with Crippen LogP contribution in [-0.2, 0) is 4.74 Å². The third-order valence-corrected chi connectivity index (χ3v) is 4.50. The normalized spacial score (nSPS) is 20.8. The number of H-pyrrole nitrogens is 1. The number of β-amino-alcohol motifs (C(OH)–C–C–N with tert-alkyl or cyclic N) is 1. The van der Waals surface area contributed by atoms with E-state index < -0.39 is 17.8 Å². The molecule has 2 aromatic rings. The van der Waals surface area contributed by atoms with Crippen LogP contribution in [0, 0.1) is 0 Å². The summed E-state index contributed by atoms with van der Waals surface area (Å²) in [6, 6.07) is 7.56. The highest BCUT2D eigenvalue weighted by atomic mass is 79.9. The summed E-state index contributed by atoms with van der Waals surface area (Å²) in [5.41, 5.74) is 1.29. The van der Waals surface area contributed by atoms with E-state index in [1.807, 2.05) is 45.0 Å². The molecule has 2 atom stereocenters. The maximum atomic E-state index is 12.5. The van der Waals surface area contributed by atoms with Gasteiger partial charge in [-0.05, 0) is 38.5 Å². The molecule has 1 amide bonds. The Morgan fingerprint density at radius 1 is 1.36 bits per heavy atom. The third kappa shape index (κ3) is 4.22. The van der Waals surface area contributed by atoms with E-state index in [1.165, 1.54) is 0 Å². The van der Waals surface area contributed by atoms with Gasteiger partial charge in [-0.3, -0.25) is 4.90 Å². The molecule has 1 aliphatic rings. The van der Waals surface area contributed by atoms with Crippen LogP contribution in [0.2, 0.25) is 0 Å². The van der Waals surface area contributed by atoms with Crippen molar-refractivity contribution in [1.82, 2.24) is 14.9 Å². The van der Waals surface area contributed by atoms with Gasteiger partial charge in [-0.2, -0.15) is 0 Å². The lowest BCUT2D eigenvalue weighted by Crippen LogP contribution is -2.37.